The predicted octanol–water partition coefficient (Wildman–Crippen LogP) is 3.52. The fraction of sp³-hybridized carbons (Fsp3) is 0.579. The molecule has 0 aromatic heterocycles. The third kappa shape index (κ3) is 5.26. The summed E-state index contributed by atoms with van der Waals surface area (Å²) in [4.78, 5) is 30.0. The van der Waals surface area contributed by atoms with E-state index in [2.05, 4.69) is 20.8 Å². The first-order valence-electron chi connectivity index (χ1n) is 8.51. The molecular formula is C19H28N2O2S. The maximum atomic E-state index is 12.7. The van der Waals surface area contributed by atoms with Gasteiger partial charge in [-0.1, -0.05) is 20.8 Å². The van der Waals surface area contributed by atoms with E-state index in [0.717, 1.165) is 23.4 Å². The molecule has 1 aliphatic rings. The average Bonchev–Trinajstić information content (AvgIpc) is 2.79. The van der Waals surface area contributed by atoms with Crippen LogP contribution in [0.2, 0.25) is 0 Å². The van der Waals surface area contributed by atoms with Gasteiger partial charge < -0.3 is 9.80 Å². The summed E-state index contributed by atoms with van der Waals surface area (Å²) in [5.74, 6) is 0.258. The van der Waals surface area contributed by atoms with Gasteiger partial charge in [-0.25, -0.2) is 0 Å². The molecule has 0 N–H and O–H groups in total. The standard InChI is InChI=1S/C19H28N2O2S/c1-19(2,3)14-17(22)20-10-5-11-21(13-12-20)18(23)15-6-8-16(24-4)9-7-15/h6-9H,5,10-14H2,1-4H3. The molecule has 0 radical (unpaired) electrons. The first-order valence-corrected chi connectivity index (χ1v) is 9.74. The first kappa shape index (κ1) is 18.8. The van der Waals surface area contributed by atoms with Crippen LogP contribution in [0.1, 0.15) is 44.0 Å². The van der Waals surface area contributed by atoms with Gasteiger partial charge in [-0.3, -0.25) is 9.59 Å². The number of thioether (sulfide) groups is 1. The minimum absolute atomic E-state index is 0.00205. The van der Waals surface area contributed by atoms with Gasteiger partial charge in [0.1, 0.15) is 0 Å². The van der Waals surface area contributed by atoms with Crippen LogP contribution in [0.15, 0.2) is 29.2 Å². The molecule has 1 fully saturated rings. The van der Waals surface area contributed by atoms with Crippen molar-refractivity contribution in [2.75, 3.05) is 32.4 Å². The number of carbonyl (C=O) groups is 2. The molecule has 5 heteroatoms. The predicted molar refractivity (Wildman–Crippen MR) is 99.4 cm³/mol. The summed E-state index contributed by atoms with van der Waals surface area (Å²) in [5, 5.41) is 0. The minimum atomic E-state index is -0.00205. The second-order valence-corrected chi connectivity index (χ2v) is 8.37. The Morgan fingerprint density at radius 2 is 1.58 bits per heavy atom. The van der Waals surface area contributed by atoms with Crippen LogP contribution in [0, 0.1) is 5.41 Å². The SMILES string of the molecule is CSc1ccc(C(=O)N2CCCN(C(=O)CC(C)(C)C)CC2)cc1. The molecule has 2 amide bonds. The Balaban J connectivity index is 1.96. The molecular weight excluding hydrogens is 320 g/mol. The highest BCUT2D eigenvalue weighted by molar-refractivity contribution is 7.98. The van der Waals surface area contributed by atoms with Crippen molar-refractivity contribution in [3.63, 3.8) is 0 Å². The molecule has 24 heavy (non-hydrogen) atoms. The lowest BCUT2D eigenvalue weighted by Gasteiger charge is -2.25. The van der Waals surface area contributed by atoms with E-state index in [1.807, 2.05) is 40.3 Å². The second-order valence-electron chi connectivity index (χ2n) is 7.49. The quantitative estimate of drug-likeness (QED) is 0.785. The molecule has 0 saturated carbocycles. The van der Waals surface area contributed by atoms with Crippen molar-refractivity contribution in [1.82, 2.24) is 9.80 Å². The van der Waals surface area contributed by atoms with Crippen LogP contribution in [-0.2, 0) is 4.79 Å². The third-order valence-electron chi connectivity index (χ3n) is 4.15. The molecule has 1 heterocycles. The number of hydrogen-bond donors (Lipinski definition) is 0. The highest BCUT2D eigenvalue weighted by Crippen LogP contribution is 2.21. The number of amides is 2. The van der Waals surface area contributed by atoms with Gasteiger partial charge >= 0.3 is 0 Å². The molecule has 1 saturated heterocycles. The molecule has 0 aliphatic carbocycles. The monoisotopic (exact) mass is 348 g/mol. The highest BCUT2D eigenvalue weighted by atomic mass is 32.2. The number of hydrogen-bond acceptors (Lipinski definition) is 3. The minimum Gasteiger partial charge on any atom is -0.341 e. The summed E-state index contributed by atoms with van der Waals surface area (Å²) in [7, 11) is 0. The highest BCUT2D eigenvalue weighted by Gasteiger charge is 2.25. The fourth-order valence-corrected chi connectivity index (χ4v) is 3.26. The summed E-state index contributed by atoms with van der Waals surface area (Å²) < 4.78 is 0. The van der Waals surface area contributed by atoms with Crippen molar-refractivity contribution in [1.29, 1.82) is 0 Å². The fourth-order valence-electron chi connectivity index (χ4n) is 2.85. The van der Waals surface area contributed by atoms with Crippen LogP contribution in [-0.4, -0.2) is 54.0 Å². The van der Waals surface area contributed by atoms with Gasteiger partial charge in [0.05, 0.1) is 0 Å². The molecule has 0 bridgehead atoms. The Hall–Kier alpha value is -1.49. The van der Waals surface area contributed by atoms with Gasteiger partial charge in [-0.15, -0.1) is 11.8 Å². The Kier molecular flexibility index (Phi) is 6.33. The van der Waals surface area contributed by atoms with Crippen molar-refractivity contribution in [2.24, 2.45) is 5.41 Å². The van der Waals surface area contributed by atoms with Crippen LogP contribution >= 0.6 is 11.8 Å². The summed E-state index contributed by atoms with van der Waals surface area (Å²) in [6.07, 6.45) is 3.41. The van der Waals surface area contributed by atoms with Crippen molar-refractivity contribution in [3.8, 4) is 0 Å². The lowest BCUT2D eigenvalue weighted by Crippen LogP contribution is -2.38. The van der Waals surface area contributed by atoms with Crippen LogP contribution in [0.25, 0.3) is 0 Å². The third-order valence-corrected chi connectivity index (χ3v) is 4.90. The zero-order valence-electron chi connectivity index (χ0n) is 15.2. The maximum Gasteiger partial charge on any atom is 0.253 e. The van der Waals surface area contributed by atoms with Crippen molar-refractivity contribution in [3.05, 3.63) is 29.8 Å². The number of rotatable bonds is 3. The summed E-state index contributed by atoms with van der Waals surface area (Å²) in [6, 6.07) is 7.74. The van der Waals surface area contributed by atoms with Crippen LogP contribution < -0.4 is 0 Å². The van der Waals surface area contributed by atoms with Crippen molar-refractivity contribution < 1.29 is 9.59 Å². The molecule has 132 valence electrons. The lowest BCUT2D eigenvalue weighted by atomic mass is 9.91. The zero-order valence-corrected chi connectivity index (χ0v) is 16.0. The molecule has 0 spiro atoms. The first-order chi connectivity index (χ1) is 11.3. The molecule has 0 unspecified atom stereocenters. The van der Waals surface area contributed by atoms with E-state index < -0.39 is 0 Å². The van der Waals surface area contributed by atoms with E-state index in [-0.39, 0.29) is 17.2 Å². The number of nitrogens with zero attached hydrogens (tertiary/aromatic N) is 2. The molecule has 1 aliphatic heterocycles. The molecule has 1 aromatic rings. The van der Waals surface area contributed by atoms with Crippen molar-refractivity contribution in [2.45, 2.75) is 38.5 Å². The summed E-state index contributed by atoms with van der Waals surface area (Å²) >= 11 is 1.67. The Morgan fingerprint density at radius 1 is 1.00 bits per heavy atom. The van der Waals surface area contributed by atoms with E-state index in [0.29, 0.717) is 26.1 Å². The summed E-state index contributed by atoms with van der Waals surface area (Å²) in [5.41, 5.74) is 0.722. The largest absolute Gasteiger partial charge is 0.341 e. The Morgan fingerprint density at radius 3 is 2.17 bits per heavy atom. The Bertz CT molecular complexity index is 578. The molecule has 4 nitrogen and oxygen atoms in total. The number of benzene rings is 1. The van der Waals surface area contributed by atoms with Gasteiger partial charge in [0.2, 0.25) is 5.91 Å². The maximum absolute atomic E-state index is 12.7. The molecule has 1 aromatic carbocycles. The van der Waals surface area contributed by atoms with Gasteiger partial charge in [-0.2, -0.15) is 0 Å². The van der Waals surface area contributed by atoms with E-state index >= 15 is 0 Å². The topological polar surface area (TPSA) is 40.6 Å². The lowest BCUT2D eigenvalue weighted by molar-refractivity contribution is -0.132. The van der Waals surface area contributed by atoms with Crippen LogP contribution in [0.5, 0.6) is 0 Å². The average molecular weight is 349 g/mol. The number of carbonyl (C=O) groups excluding carboxylic acids is 2. The van der Waals surface area contributed by atoms with Gasteiger partial charge in [0.15, 0.2) is 0 Å². The second kappa shape index (κ2) is 8.06. The van der Waals surface area contributed by atoms with E-state index in [9.17, 15) is 9.59 Å². The van der Waals surface area contributed by atoms with E-state index in [1.165, 1.54) is 0 Å². The Labute approximate surface area is 149 Å². The van der Waals surface area contributed by atoms with Gasteiger partial charge in [0.25, 0.3) is 5.91 Å². The van der Waals surface area contributed by atoms with Gasteiger partial charge in [0, 0.05) is 43.1 Å². The van der Waals surface area contributed by atoms with Crippen LogP contribution in [0.4, 0.5) is 0 Å². The van der Waals surface area contributed by atoms with E-state index in [1.54, 1.807) is 11.8 Å². The van der Waals surface area contributed by atoms with E-state index in [4.69, 9.17) is 0 Å². The zero-order chi connectivity index (χ0) is 17.7. The van der Waals surface area contributed by atoms with Crippen LogP contribution in [0.3, 0.4) is 0 Å². The van der Waals surface area contributed by atoms with Crippen molar-refractivity contribution >= 4 is 23.6 Å². The normalized spacial score (nSPS) is 16.0. The molecule has 0 atom stereocenters. The summed E-state index contributed by atoms with van der Waals surface area (Å²) in [6.45, 7) is 8.93. The smallest absolute Gasteiger partial charge is 0.253 e. The molecule has 2 rings (SSSR count). The van der Waals surface area contributed by atoms with Gasteiger partial charge in [-0.05, 0) is 42.4 Å².